The molecule has 30 heavy (non-hydrogen) atoms. The van der Waals surface area contributed by atoms with Gasteiger partial charge in [0, 0.05) is 12.6 Å². The minimum absolute atomic E-state index is 0.0227. The van der Waals surface area contributed by atoms with E-state index in [1.165, 1.54) is 11.1 Å². The number of amides is 1. The van der Waals surface area contributed by atoms with E-state index in [0.29, 0.717) is 13.0 Å². The second-order valence-electron chi connectivity index (χ2n) is 7.75. The Bertz CT molecular complexity index is 856. The first-order valence-corrected chi connectivity index (χ1v) is 10.3. The highest BCUT2D eigenvalue weighted by Gasteiger charge is 2.32. The van der Waals surface area contributed by atoms with E-state index in [9.17, 15) is 15.0 Å². The van der Waals surface area contributed by atoms with Crippen molar-refractivity contribution in [2.24, 2.45) is 0 Å². The maximum Gasteiger partial charge on any atom is 0.404 e. The van der Waals surface area contributed by atoms with Crippen molar-refractivity contribution in [3.63, 3.8) is 0 Å². The topological polar surface area (TPSA) is 90.8 Å². The van der Waals surface area contributed by atoms with Gasteiger partial charge in [-0.2, -0.15) is 0 Å². The lowest BCUT2D eigenvalue weighted by atomic mass is 10.0. The molecule has 1 aliphatic carbocycles. The molecule has 0 heterocycles. The van der Waals surface area contributed by atoms with Crippen LogP contribution in [0.5, 0.6) is 0 Å². The van der Waals surface area contributed by atoms with Crippen LogP contribution in [0.1, 0.15) is 40.8 Å². The number of carboxylic acid groups (broad SMARTS) is 1. The van der Waals surface area contributed by atoms with E-state index >= 15 is 0 Å². The maximum absolute atomic E-state index is 11.2. The highest BCUT2D eigenvalue weighted by Crippen LogP contribution is 2.41. The van der Waals surface area contributed by atoms with Gasteiger partial charge in [-0.3, -0.25) is 0 Å². The van der Waals surface area contributed by atoms with Crippen molar-refractivity contribution in [2.45, 2.75) is 44.1 Å². The first kappa shape index (κ1) is 22.0. The second-order valence-corrected chi connectivity index (χ2v) is 7.75. The van der Waals surface area contributed by atoms with Crippen LogP contribution in [0.2, 0.25) is 0 Å². The third-order valence-corrected chi connectivity index (χ3v) is 5.47. The largest absolute Gasteiger partial charge is 0.465 e. The molecule has 160 valence electrons. The van der Waals surface area contributed by atoms with E-state index < -0.39 is 18.2 Å². The average Bonchev–Trinajstić information content (AvgIpc) is 3.07. The summed E-state index contributed by atoms with van der Waals surface area (Å²) < 4.78 is 5.92. The molecule has 0 aromatic heterocycles. The summed E-state index contributed by atoms with van der Waals surface area (Å²) in [6.45, 7) is 6.52. The summed E-state index contributed by atoms with van der Waals surface area (Å²) in [5, 5.41) is 25.8. The van der Waals surface area contributed by atoms with E-state index in [-0.39, 0.29) is 18.7 Å². The Labute approximate surface area is 177 Å². The number of ether oxygens (including phenoxy) is 1. The predicted octanol–water partition coefficient (Wildman–Crippen LogP) is 3.51. The number of carbonyl (C=O) groups is 1. The van der Waals surface area contributed by atoms with Crippen molar-refractivity contribution in [1.29, 1.82) is 0 Å². The van der Waals surface area contributed by atoms with E-state index in [0.717, 1.165) is 17.5 Å². The van der Waals surface area contributed by atoms with E-state index in [4.69, 9.17) is 4.74 Å². The Kier molecular flexibility index (Phi) is 7.63. The third kappa shape index (κ3) is 5.69. The third-order valence-electron chi connectivity index (χ3n) is 5.47. The molecular weight excluding hydrogens is 380 g/mol. The lowest BCUT2D eigenvalue weighted by Gasteiger charge is -2.25. The molecule has 0 aliphatic heterocycles. The zero-order valence-corrected chi connectivity index (χ0v) is 17.3. The molecule has 3 rings (SSSR count). The first-order valence-electron chi connectivity index (χ1n) is 10.3. The smallest absolute Gasteiger partial charge is 0.404 e. The lowest BCUT2D eigenvalue weighted by Crippen LogP contribution is -2.48. The van der Waals surface area contributed by atoms with Gasteiger partial charge >= 0.3 is 6.09 Å². The Morgan fingerprint density at radius 2 is 2.03 bits per heavy atom. The van der Waals surface area contributed by atoms with Crippen LogP contribution in [0.3, 0.4) is 0 Å². The number of rotatable bonds is 10. The second kappa shape index (κ2) is 10.4. The fourth-order valence-corrected chi connectivity index (χ4v) is 4.01. The fraction of sp³-hybridized carbons (Fsp3) is 0.375. The summed E-state index contributed by atoms with van der Waals surface area (Å²) in [5.41, 5.74) is 4.45. The van der Waals surface area contributed by atoms with Crippen molar-refractivity contribution in [3.05, 3.63) is 83.4 Å². The predicted molar refractivity (Wildman–Crippen MR) is 117 cm³/mol. The molecular formula is C24H30N2O4. The van der Waals surface area contributed by atoms with Gasteiger partial charge in [0.15, 0.2) is 0 Å². The Balaban J connectivity index is 1.67. The molecule has 2 aromatic rings. The highest BCUT2D eigenvalue weighted by molar-refractivity contribution is 5.65. The number of hydrogen-bond acceptors (Lipinski definition) is 4. The zero-order valence-electron chi connectivity index (χ0n) is 17.3. The van der Waals surface area contributed by atoms with E-state index in [1.807, 2.05) is 30.3 Å². The molecule has 1 amide bonds. The van der Waals surface area contributed by atoms with Gasteiger partial charge in [0.05, 0.1) is 24.9 Å². The summed E-state index contributed by atoms with van der Waals surface area (Å²) in [6, 6.07) is 15.3. The molecule has 1 aliphatic rings. The molecule has 0 radical (unpaired) electrons. The summed E-state index contributed by atoms with van der Waals surface area (Å²) in [4.78, 5) is 11.2. The van der Waals surface area contributed by atoms with E-state index in [2.05, 4.69) is 42.3 Å². The van der Waals surface area contributed by atoms with Crippen LogP contribution in [-0.2, 0) is 11.2 Å². The quantitative estimate of drug-likeness (QED) is 0.450. The number of aryl methyl sites for hydroxylation is 1. The number of aliphatic hydroxyl groups excluding tert-OH is 1. The summed E-state index contributed by atoms with van der Waals surface area (Å²) in [7, 11) is 0. The number of hydrogen-bond donors (Lipinski definition) is 4. The van der Waals surface area contributed by atoms with Crippen molar-refractivity contribution < 1.29 is 19.7 Å². The minimum atomic E-state index is -1.14. The fourth-order valence-electron chi connectivity index (χ4n) is 4.01. The molecule has 0 saturated heterocycles. The number of aliphatic hydroxyl groups is 1. The van der Waals surface area contributed by atoms with Crippen LogP contribution in [0.15, 0.2) is 61.2 Å². The summed E-state index contributed by atoms with van der Waals surface area (Å²) >= 11 is 0. The number of nitrogens with one attached hydrogen (secondary N) is 2. The molecule has 0 fully saturated rings. The van der Waals surface area contributed by atoms with Crippen molar-refractivity contribution in [3.8, 4) is 0 Å². The molecule has 0 spiro atoms. The molecule has 2 aromatic carbocycles. The standard InChI is InChI=1S/C24H30N2O4/c1-3-11-30-23-14-20(19-12-16(2)9-10-18(19)23)25-15-22(27)21(26-24(28)29)13-17-7-5-4-6-8-17/h3-10,12,20-23,25-27H,1,11,13-15H2,2H3,(H,28,29)/t20-,21-,22+,23+/m0/s1. The molecule has 4 atom stereocenters. The average molecular weight is 411 g/mol. The van der Waals surface area contributed by atoms with Crippen LogP contribution in [0.25, 0.3) is 0 Å². The number of fused-ring (bicyclic) bond motifs is 1. The molecule has 4 N–H and O–H groups in total. The Morgan fingerprint density at radius 1 is 1.27 bits per heavy atom. The SMILES string of the molecule is C=CCO[C@@H]1C[C@H](NC[C@@H](O)[C@H](Cc2ccccc2)NC(=O)O)c2cc(C)ccc21. The highest BCUT2D eigenvalue weighted by atomic mass is 16.5. The number of benzene rings is 2. The first-order chi connectivity index (χ1) is 14.5. The molecule has 0 saturated carbocycles. The lowest BCUT2D eigenvalue weighted by molar-refractivity contribution is 0.0672. The Morgan fingerprint density at radius 3 is 2.73 bits per heavy atom. The zero-order chi connectivity index (χ0) is 21.5. The van der Waals surface area contributed by atoms with Crippen LogP contribution in [0.4, 0.5) is 4.79 Å². The van der Waals surface area contributed by atoms with Gasteiger partial charge in [0.25, 0.3) is 0 Å². The van der Waals surface area contributed by atoms with Gasteiger partial charge in [-0.15, -0.1) is 6.58 Å². The van der Waals surface area contributed by atoms with Gasteiger partial charge in [-0.05, 0) is 36.5 Å². The normalized spacial score (nSPS) is 19.7. The van der Waals surface area contributed by atoms with Crippen LogP contribution < -0.4 is 10.6 Å². The van der Waals surface area contributed by atoms with Gasteiger partial charge in [0.1, 0.15) is 0 Å². The molecule has 6 nitrogen and oxygen atoms in total. The monoisotopic (exact) mass is 410 g/mol. The van der Waals surface area contributed by atoms with Crippen LogP contribution in [-0.4, -0.2) is 41.6 Å². The summed E-state index contributed by atoms with van der Waals surface area (Å²) in [6.07, 6.45) is 0.878. The van der Waals surface area contributed by atoms with Crippen molar-refractivity contribution >= 4 is 6.09 Å². The molecule has 6 heteroatoms. The Hall–Kier alpha value is -2.67. The van der Waals surface area contributed by atoms with Crippen LogP contribution in [0, 0.1) is 6.92 Å². The van der Waals surface area contributed by atoms with Gasteiger partial charge in [-0.1, -0.05) is 60.2 Å². The minimum Gasteiger partial charge on any atom is -0.465 e. The molecule has 0 bridgehead atoms. The van der Waals surface area contributed by atoms with Gasteiger partial charge < -0.3 is 25.6 Å². The van der Waals surface area contributed by atoms with E-state index in [1.54, 1.807) is 6.08 Å². The molecule has 0 unspecified atom stereocenters. The van der Waals surface area contributed by atoms with Crippen molar-refractivity contribution in [1.82, 2.24) is 10.6 Å². The van der Waals surface area contributed by atoms with Crippen LogP contribution >= 0.6 is 0 Å². The van der Waals surface area contributed by atoms with Gasteiger partial charge in [-0.25, -0.2) is 4.79 Å². The summed E-state index contributed by atoms with van der Waals surface area (Å²) in [5.74, 6) is 0. The van der Waals surface area contributed by atoms with Crippen molar-refractivity contribution in [2.75, 3.05) is 13.2 Å². The maximum atomic E-state index is 11.2. The van der Waals surface area contributed by atoms with Gasteiger partial charge in [0.2, 0.25) is 0 Å².